The van der Waals surface area contributed by atoms with Gasteiger partial charge < -0.3 is 15.7 Å². The number of carboxylic acid groups (broad SMARTS) is 1. The Bertz CT molecular complexity index is 383. The van der Waals surface area contributed by atoms with Gasteiger partial charge in [-0.25, -0.2) is 4.79 Å². The third kappa shape index (κ3) is 7.09. The van der Waals surface area contributed by atoms with E-state index in [1.165, 1.54) is 6.20 Å². The van der Waals surface area contributed by atoms with E-state index >= 15 is 0 Å². The summed E-state index contributed by atoms with van der Waals surface area (Å²) in [7, 11) is 0. The number of nitrogens with zero attached hydrogens (tertiary/aromatic N) is 1. The molecule has 0 saturated heterocycles. The van der Waals surface area contributed by atoms with Crippen LogP contribution in [0.3, 0.4) is 0 Å². The molecule has 0 bridgehead atoms. The zero-order valence-corrected chi connectivity index (χ0v) is 11.6. The number of carbonyl (C=O) groups excluding carboxylic acids is 1. The van der Waals surface area contributed by atoms with Crippen LogP contribution < -0.4 is 10.6 Å². The average Bonchev–Trinajstić information content (AvgIpc) is 2.34. The fourth-order valence-corrected chi connectivity index (χ4v) is 1.38. The van der Waals surface area contributed by atoms with E-state index in [0.717, 1.165) is 6.42 Å². The van der Waals surface area contributed by atoms with Gasteiger partial charge in [0, 0.05) is 12.7 Å². The first-order chi connectivity index (χ1) is 8.92. The second kappa shape index (κ2) is 8.97. The lowest BCUT2D eigenvalue weighted by molar-refractivity contribution is -0.139. The molecule has 1 unspecified atom stereocenters. The lowest BCUT2D eigenvalue weighted by Crippen LogP contribution is -2.35. The Balaban J connectivity index is 4.65. The molecule has 6 nitrogen and oxygen atoms in total. The Morgan fingerprint density at radius 1 is 1.42 bits per heavy atom. The molecule has 0 heterocycles. The molecule has 0 radical (unpaired) electrons. The second-order valence-electron chi connectivity index (χ2n) is 4.61. The van der Waals surface area contributed by atoms with Gasteiger partial charge in [-0.3, -0.25) is 4.79 Å². The van der Waals surface area contributed by atoms with Crippen LogP contribution in [0.15, 0.2) is 11.8 Å². The fourth-order valence-electron chi connectivity index (χ4n) is 1.38. The van der Waals surface area contributed by atoms with Gasteiger partial charge in [0.2, 0.25) is 0 Å². The Hall–Kier alpha value is -2.03. The Kier molecular flexibility index (Phi) is 8.02. The largest absolute Gasteiger partial charge is 0.480 e. The predicted molar refractivity (Wildman–Crippen MR) is 71.0 cm³/mol. The molecule has 0 saturated carbocycles. The number of carbonyl (C=O) groups is 2. The number of nitriles is 1. The van der Waals surface area contributed by atoms with Gasteiger partial charge in [-0.1, -0.05) is 20.8 Å². The minimum atomic E-state index is -1.00. The molecule has 0 rings (SSSR count). The lowest BCUT2D eigenvalue weighted by Gasteiger charge is -2.15. The van der Waals surface area contributed by atoms with Gasteiger partial charge in [-0.2, -0.15) is 5.26 Å². The molecule has 3 N–H and O–H groups in total. The molecule has 0 aliphatic carbocycles. The van der Waals surface area contributed by atoms with Crippen LogP contribution in [0.4, 0.5) is 0 Å². The maximum atomic E-state index is 11.5. The normalized spacial score (nSPS) is 12.7. The van der Waals surface area contributed by atoms with Crippen molar-refractivity contribution in [3.05, 3.63) is 11.8 Å². The third-order valence-corrected chi connectivity index (χ3v) is 2.33. The topological polar surface area (TPSA) is 102 Å². The summed E-state index contributed by atoms with van der Waals surface area (Å²) in [6.45, 7) is 6.19. The van der Waals surface area contributed by atoms with Gasteiger partial charge in [0.1, 0.15) is 17.7 Å². The number of aliphatic carboxylic acids is 1. The number of rotatable bonds is 8. The van der Waals surface area contributed by atoms with E-state index in [2.05, 4.69) is 10.6 Å². The number of carboxylic acids is 1. The fraction of sp³-hybridized carbons (Fsp3) is 0.615. The summed E-state index contributed by atoms with van der Waals surface area (Å²) in [4.78, 5) is 22.6. The summed E-state index contributed by atoms with van der Waals surface area (Å²) in [6, 6.07) is 0.949. The van der Waals surface area contributed by atoms with Gasteiger partial charge in [0.05, 0.1) is 0 Å². The van der Waals surface area contributed by atoms with Gasteiger partial charge >= 0.3 is 5.97 Å². The quantitative estimate of drug-likeness (QED) is 0.450. The molecular formula is C13H21N3O3. The molecular weight excluding hydrogens is 246 g/mol. The Morgan fingerprint density at radius 2 is 2.05 bits per heavy atom. The van der Waals surface area contributed by atoms with Crippen molar-refractivity contribution >= 4 is 11.9 Å². The highest BCUT2D eigenvalue weighted by Gasteiger charge is 2.18. The van der Waals surface area contributed by atoms with Crippen molar-refractivity contribution < 1.29 is 14.7 Å². The summed E-state index contributed by atoms with van der Waals surface area (Å²) in [6.07, 6.45) is 2.36. The standard InChI is InChI=1S/C13H21N3O3/c1-4-5-15-12(17)10(7-14)8-16-11(13(18)19)6-9(2)3/h8-9,11,16H,4-6H2,1-3H3,(H,15,17)(H,18,19)/b10-8-. The first-order valence-electron chi connectivity index (χ1n) is 6.29. The van der Waals surface area contributed by atoms with E-state index in [9.17, 15) is 9.59 Å². The third-order valence-electron chi connectivity index (χ3n) is 2.33. The maximum absolute atomic E-state index is 11.5. The van der Waals surface area contributed by atoms with Gasteiger partial charge in [0.15, 0.2) is 0 Å². The van der Waals surface area contributed by atoms with E-state index in [1.54, 1.807) is 6.07 Å². The van der Waals surface area contributed by atoms with Crippen LogP contribution in [0.1, 0.15) is 33.6 Å². The average molecular weight is 267 g/mol. The van der Waals surface area contributed by atoms with Crippen LogP contribution in [0.5, 0.6) is 0 Å². The highest BCUT2D eigenvalue weighted by molar-refractivity contribution is 5.97. The molecule has 0 aromatic heterocycles. The Labute approximate surface area is 113 Å². The molecule has 0 aromatic rings. The highest BCUT2D eigenvalue weighted by Crippen LogP contribution is 2.05. The van der Waals surface area contributed by atoms with Crippen LogP contribution >= 0.6 is 0 Å². The predicted octanol–water partition coefficient (Wildman–Crippen LogP) is 1.01. The number of hydrogen-bond donors (Lipinski definition) is 3. The van der Waals surface area contributed by atoms with E-state index in [1.807, 2.05) is 20.8 Å². The molecule has 0 aromatic carbocycles. The molecule has 19 heavy (non-hydrogen) atoms. The summed E-state index contributed by atoms with van der Waals surface area (Å²) in [5, 5.41) is 23.0. The van der Waals surface area contributed by atoms with Crippen molar-refractivity contribution in [2.45, 2.75) is 39.7 Å². The second-order valence-corrected chi connectivity index (χ2v) is 4.61. The first-order valence-corrected chi connectivity index (χ1v) is 6.29. The van der Waals surface area contributed by atoms with E-state index in [0.29, 0.717) is 13.0 Å². The zero-order chi connectivity index (χ0) is 14.8. The molecule has 0 fully saturated rings. The van der Waals surface area contributed by atoms with Crippen molar-refractivity contribution in [3.63, 3.8) is 0 Å². The van der Waals surface area contributed by atoms with E-state index in [4.69, 9.17) is 10.4 Å². The molecule has 1 atom stereocenters. The summed E-state index contributed by atoms with van der Waals surface area (Å²) < 4.78 is 0. The minimum Gasteiger partial charge on any atom is -0.480 e. The molecule has 0 spiro atoms. The van der Waals surface area contributed by atoms with Crippen LogP contribution in [-0.2, 0) is 9.59 Å². The summed E-state index contributed by atoms with van der Waals surface area (Å²) in [5.41, 5.74) is -0.122. The van der Waals surface area contributed by atoms with Crippen LogP contribution in [0, 0.1) is 17.2 Å². The molecule has 0 aliphatic rings. The maximum Gasteiger partial charge on any atom is 0.326 e. The van der Waals surface area contributed by atoms with Gasteiger partial charge in [-0.05, 0) is 18.8 Å². The number of nitrogens with one attached hydrogen (secondary N) is 2. The van der Waals surface area contributed by atoms with E-state index < -0.39 is 17.9 Å². The molecule has 0 aliphatic heterocycles. The highest BCUT2D eigenvalue weighted by atomic mass is 16.4. The summed E-state index contributed by atoms with van der Waals surface area (Å²) >= 11 is 0. The van der Waals surface area contributed by atoms with Crippen molar-refractivity contribution in [1.29, 1.82) is 5.26 Å². The first kappa shape index (κ1) is 17.0. The van der Waals surface area contributed by atoms with Crippen molar-refractivity contribution in [3.8, 4) is 6.07 Å². The number of amides is 1. The minimum absolute atomic E-state index is 0.122. The van der Waals surface area contributed by atoms with Crippen LogP contribution in [0.2, 0.25) is 0 Å². The molecule has 106 valence electrons. The lowest BCUT2D eigenvalue weighted by atomic mass is 10.0. The SMILES string of the molecule is CCCNC(=O)/C(C#N)=C\NC(CC(C)C)C(=O)O. The Morgan fingerprint density at radius 3 is 2.47 bits per heavy atom. The monoisotopic (exact) mass is 267 g/mol. The van der Waals surface area contributed by atoms with Crippen molar-refractivity contribution in [2.24, 2.45) is 5.92 Å². The molecule has 6 heteroatoms. The smallest absolute Gasteiger partial charge is 0.326 e. The van der Waals surface area contributed by atoms with Crippen LogP contribution in [0.25, 0.3) is 0 Å². The summed E-state index contributed by atoms with van der Waals surface area (Å²) in [5.74, 6) is -1.30. The number of hydrogen-bond acceptors (Lipinski definition) is 4. The van der Waals surface area contributed by atoms with Crippen LogP contribution in [-0.4, -0.2) is 29.6 Å². The van der Waals surface area contributed by atoms with Crippen molar-refractivity contribution in [2.75, 3.05) is 6.54 Å². The van der Waals surface area contributed by atoms with Gasteiger partial charge in [0.25, 0.3) is 5.91 Å². The molecule has 1 amide bonds. The van der Waals surface area contributed by atoms with Crippen molar-refractivity contribution in [1.82, 2.24) is 10.6 Å². The van der Waals surface area contributed by atoms with Gasteiger partial charge in [-0.15, -0.1) is 0 Å². The zero-order valence-electron chi connectivity index (χ0n) is 11.6. The van der Waals surface area contributed by atoms with E-state index in [-0.39, 0.29) is 11.5 Å².